The number of nitrogens with zero attached hydrogens (tertiary/aromatic N) is 2. The van der Waals surface area contributed by atoms with E-state index in [0.717, 1.165) is 31.6 Å². The fourth-order valence-electron chi connectivity index (χ4n) is 3.62. The minimum absolute atomic E-state index is 0.0624. The van der Waals surface area contributed by atoms with Crippen LogP contribution in [0.4, 0.5) is 0 Å². The summed E-state index contributed by atoms with van der Waals surface area (Å²) in [5, 5.41) is 7.77. The first-order chi connectivity index (χ1) is 12.8. The molecular formula is C21H23N3O2. The second-order valence-corrected chi connectivity index (χ2v) is 6.78. The largest absolute Gasteiger partial charge is 0.469 e. The molecule has 1 aliphatic rings. The maximum atomic E-state index is 12.3. The molecule has 0 radical (unpaired) electrons. The fraction of sp³-hybridized carbons (Fsp3) is 0.333. The molecule has 1 N–H and O–H groups in total. The van der Waals surface area contributed by atoms with Gasteiger partial charge in [0, 0.05) is 24.1 Å². The Morgan fingerprint density at radius 1 is 1.23 bits per heavy atom. The molecule has 0 aliphatic heterocycles. The second-order valence-electron chi connectivity index (χ2n) is 6.78. The highest BCUT2D eigenvalue weighted by atomic mass is 16.3. The Balaban J connectivity index is 1.41. The molecule has 4 rings (SSSR count). The quantitative estimate of drug-likeness (QED) is 0.739. The van der Waals surface area contributed by atoms with E-state index in [1.807, 2.05) is 36.5 Å². The summed E-state index contributed by atoms with van der Waals surface area (Å²) in [5.74, 6) is 0.912. The van der Waals surface area contributed by atoms with Gasteiger partial charge in [-0.05, 0) is 37.0 Å². The summed E-state index contributed by atoms with van der Waals surface area (Å²) in [5.41, 5.74) is 3.65. The molecule has 1 aliphatic carbocycles. The van der Waals surface area contributed by atoms with E-state index >= 15 is 0 Å². The Kier molecular flexibility index (Phi) is 4.86. The Morgan fingerprint density at radius 3 is 2.92 bits per heavy atom. The number of nitrogens with one attached hydrogen (secondary N) is 1. The van der Waals surface area contributed by atoms with Crippen molar-refractivity contribution in [3.8, 4) is 0 Å². The molecule has 3 aromatic rings. The number of amides is 1. The van der Waals surface area contributed by atoms with Crippen molar-refractivity contribution in [1.82, 2.24) is 15.1 Å². The zero-order valence-corrected chi connectivity index (χ0v) is 14.7. The Labute approximate surface area is 153 Å². The predicted molar refractivity (Wildman–Crippen MR) is 98.6 cm³/mol. The molecule has 2 heterocycles. The maximum absolute atomic E-state index is 12.3. The summed E-state index contributed by atoms with van der Waals surface area (Å²) in [6.07, 6.45) is 7.69. The number of aromatic nitrogens is 2. The van der Waals surface area contributed by atoms with Crippen molar-refractivity contribution in [3.05, 3.63) is 77.5 Å². The highest BCUT2D eigenvalue weighted by molar-refractivity contribution is 5.76. The summed E-state index contributed by atoms with van der Waals surface area (Å²) in [6, 6.07) is 14.2. The molecule has 0 spiro atoms. The molecule has 0 fully saturated rings. The third-order valence-electron chi connectivity index (χ3n) is 4.95. The van der Waals surface area contributed by atoms with Crippen molar-refractivity contribution in [1.29, 1.82) is 0 Å². The van der Waals surface area contributed by atoms with Gasteiger partial charge >= 0.3 is 0 Å². The van der Waals surface area contributed by atoms with Crippen LogP contribution < -0.4 is 5.32 Å². The van der Waals surface area contributed by atoms with Gasteiger partial charge in [-0.3, -0.25) is 9.48 Å². The average Bonchev–Trinajstić information content (AvgIpc) is 3.32. The van der Waals surface area contributed by atoms with Crippen LogP contribution in [-0.4, -0.2) is 15.7 Å². The number of benzene rings is 1. The summed E-state index contributed by atoms with van der Waals surface area (Å²) in [7, 11) is 0. The van der Waals surface area contributed by atoms with Crippen LogP contribution >= 0.6 is 0 Å². The number of rotatable bonds is 6. The van der Waals surface area contributed by atoms with Gasteiger partial charge in [0.2, 0.25) is 5.91 Å². The number of hydrogen-bond acceptors (Lipinski definition) is 3. The molecule has 1 atom stereocenters. The van der Waals surface area contributed by atoms with Crippen LogP contribution in [0.25, 0.3) is 0 Å². The monoisotopic (exact) mass is 349 g/mol. The third kappa shape index (κ3) is 3.72. The van der Waals surface area contributed by atoms with E-state index in [4.69, 9.17) is 4.42 Å². The molecule has 5 heteroatoms. The first-order valence-corrected chi connectivity index (χ1v) is 9.20. The average molecular weight is 349 g/mol. The van der Waals surface area contributed by atoms with Crippen molar-refractivity contribution in [2.24, 2.45) is 0 Å². The lowest BCUT2D eigenvalue weighted by Gasteiger charge is -2.24. The minimum atomic E-state index is 0.0624. The number of hydrogen-bond donors (Lipinski definition) is 1. The van der Waals surface area contributed by atoms with Crippen LogP contribution in [0, 0.1) is 0 Å². The lowest BCUT2D eigenvalue weighted by Crippen LogP contribution is -2.31. The lowest BCUT2D eigenvalue weighted by atomic mass is 9.92. The van der Waals surface area contributed by atoms with Crippen molar-refractivity contribution in [2.45, 2.75) is 44.7 Å². The molecule has 1 unspecified atom stereocenters. The van der Waals surface area contributed by atoms with Gasteiger partial charge in [0.25, 0.3) is 0 Å². The van der Waals surface area contributed by atoms with Gasteiger partial charge < -0.3 is 9.73 Å². The number of carbonyl (C=O) groups is 1. The fourth-order valence-corrected chi connectivity index (χ4v) is 3.62. The highest BCUT2D eigenvalue weighted by Crippen LogP contribution is 2.30. The van der Waals surface area contributed by atoms with E-state index in [1.165, 1.54) is 16.8 Å². The molecule has 0 saturated carbocycles. The van der Waals surface area contributed by atoms with E-state index in [9.17, 15) is 4.79 Å². The van der Waals surface area contributed by atoms with Gasteiger partial charge in [0.1, 0.15) is 5.76 Å². The highest BCUT2D eigenvalue weighted by Gasteiger charge is 2.25. The smallest absolute Gasteiger partial charge is 0.220 e. The number of aryl methyl sites for hydroxylation is 1. The van der Waals surface area contributed by atoms with E-state index in [0.29, 0.717) is 12.8 Å². The van der Waals surface area contributed by atoms with Crippen LogP contribution in [-0.2, 0) is 24.2 Å². The van der Waals surface area contributed by atoms with E-state index < -0.39 is 0 Å². The maximum Gasteiger partial charge on any atom is 0.220 e. The van der Waals surface area contributed by atoms with Gasteiger partial charge in [-0.15, -0.1) is 0 Å². The second kappa shape index (κ2) is 7.60. The van der Waals surface area contributed by atoms with Gasteiger partial charge in [-0.25, -0.2) is 0 Å². The SMILES string of the molecule is O=C(CCc1ccco1)NC1CCCc2c1cnn2Cc1ccccc1. The van der Waals surface area contributed by atoms with Crippen molar-refractivity contribution in [2.75, 3.05) is 0 Å². The summed E-state index contributed by atoms with van der Waals surface area (Å²) in [4.78, 5) is 12.3. The Bertz CT molecular complexity index is 853. The number of carbonyl (C=O) groups excluding carboxylic acids is 1. The minimum Gasteiger partial charge on any atom is -0.469 e. The van der Waals surface area contributed by atoms with Gasteiger partial charge in [0.15, 0.2) is 0 Å². The topological polar surface area (TPSA) is 60.1 Å². The van der Waals surface area contributed by atoms with Crippen LogP contribution in [0.1, 0.15) is 47.9 Å². The third-order valence-corrected chi connectivity index (χ3v) is 4.95. The van der Waals surface area contributed by atoms with Crippen molar-refractivity contribution >= 4 is 5.91 Å². The molecule has 0 saturated heterocycles. The van der Waals surface area contributed by atoms with Crippen LogP contribution in [0.5, 0.6) is 0 Å². The molecular weight excluding hydrogens is 326 g/mol. The molecule has 134 valence electrons. The van der Waals surface area contributed by atoms with E-state index in [-0.39, 0.29) is 11.9 Å². The predicted octanol–water partition coefficient (Wildman–Crippen LogP) is 3.65. The molecule has 26 heavy (non-hydrogen) atoms. The van der Waals surface area contributed by atoms with Gasteiger partial charge in [0.05, 0.1) is 25.0 Å². The molecule has 0 bridgehead atoms. The normalized spacial score (nSPS) is 16.2. The van der Waals surface area contributed by atoms with Crippen molar-refractivity contribution < 1.29 is 9.21 Å². The van der Waals surface area contributed by atoms with Crippen molar-refractivity contribution in [3.63, 3.8) is 0 Å². The first-order valence-electron chi connectivity index (χ1n) is 9.20. The van der Waals surface area contributed by atoms with Crippen LogP contribution in [0.3, 0.4) is 0 Å². The summed E-state index contributed by atoms with van der Waals surface area (Å²) < 4.78 is 7.37. The Morgan fingerprint density at radius 2 is 2.12 bits per heavy atom. The standard InChI is InChI=1S/C21H23N3O2/c25-21(12-11-17-8-5-13-26-17)23-19-9-4-10-20-18(19)14-22-24(20)15-16-6-2-1-3-7-16/h1-3,5-8,13-14,19H,4,9-12,15H2,(H,23,25). The summed E-state index contributed by atoms with van der Waals surface area (Å²) >= 11 is 0. The first kappa shape index (κ1) is 16.6. The Hall–Kier alpha value is -2.82. The van der Waals surface area contributed by atoms with E-state index in [1.54, 1.807) is 6.26 Å². The molecule has 1 aromatic carbocycles. The van der Waals surface area contributed by atoms with E-state index in [2.05, 4.69) is 27.2 Å². The van der Waals surface area contributed by atoms with Crippen LogP contribution in [0.15, 0.2) is 59.3 Å². The molecule has 5 nitrogen and oxygen atoms in total. The zero-order valence-electron chi connectivity index (χ0n) is 14.7. The summed E-state index contributed by atoms with van der Waals surface area (Å²) in [6.45, 7) is 0.773. The lowest BCUT2D eigenvalue weighted by molar-refractivity contribution is -0.122. The molecule has 2 aromatic heterocycles. The number of furan rings is 1. The molecule has 1 amide bonds. The zero-order chi connectivity index (χ0) is 17.8. The van der Waals surface area contributed by atoms with Crippen LogP contribution in [0.2, 0.25) is 0 Å². The van der Waals surface area contributed by atoms with Gasteiger partial charge in [-0.1, -0.05) is 30.3 Å². The van der Waals surface area contributed by atoms with Gasteiger partial charge in [-0.2, -0.15) is 5.10 Å². The number of fused-ring (bicyclic) bond motifs is 1.